The molecular weight excluding hydrogens is 460 g/mol. The van der Waals surface area contributed by atoms with E-state index in [0.29, 0.717) is 13.2 Å². The first-order valence-corrected chi connectivity index (χ1v) is 12.5. The lowest BCUT2D eigenvalue weighted by Crippen LogP contribution is -2.40. The van der Waals surface area contributed by atoms with Crippen LogP contribution in [0, 0.1) is 0 Å². The van der Waals surface area contributed by atoms with Gasteiger partial charge in [0.05, 0.1) is 30.9 Å². The Labute approximate surface area is 187 Å². The van der Waals surface area contributed by atoms with Gasteiger partial charge in [0.1, 0.15) is 16.3 Å². The van der Waals surface area contributed by atoms with E-state index in [1.165, 1.54) is 60.5 Å². The third-order valence-electron chi connectivity index (χ3n) is 5.02. The molecule has 1 saturated heterocycles. The molecule has 0 atom stereocenters. The van der Waals surface area contributed by atoms with Gasteiger partial charge >= 0.3 is 0 Å². The largest absolute Gasteiger partial charge is 0.495 e. The number of anilines is 1. The van der Waals surface area contributed by atoms with Gasteiger partial charge in [-0.2, -0.15) is 4.31 Å². The summed E-state index contributed by atoms with van der Waals surface area (Å²) in [6.07, 6.45) is 1.36. The molecule has 11 nitrogen and oxygen atoms in total. The van der Waals surface area contributed by atoms with Crippen molar-refractivity contribution >= 4 is 31.6 Å². The van der Waals surface area contributed by atoms with Crippen molar-refractivity contribution < 1.29 is 31.1 Å². The number of nitrogens with one attached hydrogen (secondary N) is 1. The fourth-order valence-electron chi connectivity index (χ4n) is 3.18. The van der Waals surface area contributed by atoms with E-state index >= 15 is 0 Å². The van der Waals surface area contributed by atoms with Gasteiger partial charge in [-0.15, -0.1) is 0 Å². The number of hydrogen-bond donors (Lipinski definition) is 1. The van der Waals surface area contributed by atoms with Crippen LogP contribution in [0.5, 0.6) is 5.75 Å². The summed E-state index contributed by atoms with van der Waals surface area (Å²) in [5.41, 5.74) is 0.221. The van der Waals surface area contributed by atoms with Crippen molar-refractivity contribution in [1.29, 1.82) is 0 Å². The zero-order valence-corrected chi connectivity index (χ0v) is 19.9. The molecule has 0 bridgehead atoms. The SMILES string of the molecule is COc1ccc(S(=O)(=O)N(C)C)cc1NC(=O)c1cc(S(=O)(=O)N2CCOCC2)cn1C. The maximum atomic E-state index is 12.9. The Bertz CT molecular complexity index is 1210. The van der Waals surface area contributed by atoms with Gasteiger partial charge in [-0.3, -0.25) is 4.79 Å². The predicted molar refractivity (Wildman–Crippen MR) is 117 cm³/mol. The molecule has 0 spiro atoms. The Morgan fingerprint density at radius 1 is 1.09 bits per heavy atom. The number of hydrogen-bond acceptors (Lipinski definition) is 7. The quantitative estimate of drug-likeness (QED) is 0.606. The Morgan fingerprint density at radius 2 is 1.75 bits per heavy atom. The first kappa shape index (κ1) is 24.2. The molecule has 1 N–H and O–H groups in total. The van der Waals surface area contributed by atoms with Crippen LogP contribution >= 0.6 is 0 Å². The fraction of sp³-hybridized carbons (Fsp3) is 0.421. The van der Waals surface area contributed by atoms with Crippen molar-refractivity contribution in [3.8, 4) is 5.75 Å². The minimum Gasteiger partial charge on any atom is -0.495 e. The lowest BCUT2D eigenvalue weighted by molar-refractivity contribution is 0.0730. The van der Waals surface area contributed by atoms with Crippen molar-refractivity contribution in [1.82, 2.24) is 13.2 Å². The number of aromatic nitrogens is 1. The second-order valence-corrected chi connectivity index (χ2v) is 11.4. The minimum absolute atomic E-state index is 0.0112. The summed E-state index contributed by atoms with van der Waals surface area (Å²) < 4.78 is 64.9. The predicted octanol–water partition coefficient (Wildman–Crippen LogP) is 0.557. The molecule has 1 aliphatic heterocycles. The zero-order valence-electron chi connectivity index (χ0n) is 18.2. The van der Waals surface area contributed by atoms with E-state index in [4.69, 9.17) is 9.47 Å². The van der Waals surface area contributed by atoms with Crippen molar-refractivity contribution in [3.63, 3.8) is 0 Å². The number of morpholine rings is 1. The van der Waals surface area contributed by atoms with Crippen molar-refractivity contribution in [2.24, 2.45) is 7.05 Å². The Balaban J connectivity index is 1.91. The van der Waals surface area contributed by atoms with Crippen molar-refractivity contribution in [3.05, 3.63) is 36.2 Å². The van der Waals surface area contributed by atoms with Gasteiger partial charge in [-0.05, 0) is 24.3 Å². The van der Waals surface area contributed by atoms with Crippen LogP contribution in [-0.4, -0.2) is 83.4 Å². The highest BCUT2D eigenvalue weighted by Crippen LogP contribution is 2.29. The molecule has 0 radical (unpaired) electrons. The summed E-state index contributed by atoms with van der Waals surface area (Å²) in [6, 6.07) is 5.39. The lowest BCUT2D eigenvalue weighted by Gasteiger charge is -2.25. The summed E-state index contributed by atoms with van der Waals surface area (Å²) in [5, 5.41) is 2.62. The molecule has 32 heavy (non-hydrogen) atoms. The average molecular weight is 487 g/mol. The van der Waals surface area contributed by atoms with Gasteiger partial charge in [0.25, 0.3) is 5.91 Å². The van der Waals surface area contributed by atoms with Crippen LogP contribution in [0.25, 0.3) is 0 Å². The molecule has 13 heteroatoms. The molecule has 1 aliphatic rings. The highest BCUT2D eigenvalue weighted by atomic mass is 32.2. The number of methoxy groups -OCH3 is 1. The number of sulfonamides is 2. The topological polar surface area (TPSA) is 127 Å². The molecule has 2 aromatic rings. The fourth-order valence-corrected chi connectivity index (χ4v) is 5.59. The molecule has 3 rings (SSSR count). The average Bonchev–Trinajstić information content (AvgIpc) is 3.16. The van der Waals surface area contributed by atoms with E-state index in [9.17, 15) is 21.6 Å². The first-order valence-electron chi connectivity index (χ1n) is 9.64. The van der Waals surface area contributed by atoms with Gasteiger partial charge in [0.2, 0.25) is 20.0 Å². The van der Waals surface area contributed by atoms with Crippen LogP contribution in [-0.2, 0) is 31.8 Å². The Morgan fingerprint density at radius 3 is 2.34 bits per heavy atom. The molecule has 2 heterocycles. The van der Waals surface area contributed by atoms with E-state index in [1.807, 2.05) is 0 Å². The second-order valence-electron chi connectivity index (χ2n) is 7.29. The van der Waals surface area contributed by atoms with E-state index in [0.717, 1.165) is 4.31 Å². The summed E-state index contributed by atoms with van der Waals surface area (Å²) >= 11 is 0. The summed E-state index contributed by atoms with van der Waals surface area (Å²) in [4.78, 5) is 12.9. The van der Waals surface area contributed by atoms with Crippen LogP contribution in [0.3, 0.4) is 0 Å². The number of rotatable bonds is 7. The molecule has 1 aromatic carbocycles. The number of nitrogens with zero attached hydrogens (tertiary/aromatic N) is 3. The number of ether oxygens (including phenoxy) is 2. The number of benzene rings is 1. The van der Waals surface area contributed by atoms with Crippen LogP contribution in [0.1, 0.15) is 10.5 Å². The highest BCUT2D eigenvalue weighted by Gasteiger charge is 2.29. The monoisotopic (exact) mass is 486 g/mol. The summed E-state index contributed by atoms with van der Waals surface area (Å²) in [7, 11) is -1.77. The smallest absolute Gasteiger partial charge is 0.272 e. The van der Waals surface area contributed by atoms with E-state index in [1.54, 1.807) is 7.05 Å². The zero-order chi connectivity index (χ0) is 23.7. The molecule has 0 aliphatic carbocycles. The third-order valence-corrected chi connectivity index (χ3v) is 8.69. The number of carbonyl (C=O) groups is 1. The van der Waals surface area contributed by atoms with Crippen LogP contribution in [0.15, 0.2) is 40.3 Å². The van der Waals surface area contributed by atoms with Gasteiger partial charge in [-0.25, -0.2) is 21.1 Å². The molecule has 1 amide bonds. The summed E-state index contributed by atoms with van der Waals surface area (Å²) in [5.74, 6) is -0.361. The van der Waals surface area contributed by atoms with Gasteiger partial charge in [-0.1, -0.05) is 0 Å². The molecule has 0 saturated carbocycles. The Kier molecular flexibility index (Phi) is 6.95. The first-order chi connectivity index (χ1) is 15.0. The van der Waals surface area contributed by atoms with Crippen molar-refractivity contribution in [2.45, 2.75) is 9.79 Å². The number of aryl methyl sites for hydroxylation is 1. The van der Waals surface area contributed by atoms with Crippen molar-refractivity contribution in [2.75, 3.05) is 52.8 Å². The standard InChI is InChI=1S/C19H26N4O7S2/c1-21(2)31(25,26)14-5-6-18(29-4)16(11-14)20-19(24)17-12-15(13-22(17)3)32(27,28)23-7-9-30-10-8-23/h5-6,11-13H,7-10H2,1-4H3,(H,20,24). The summed E-state index contributed by atoms with van der Waals surface area (Å²) in [6.45, 7) is 1.10. The van der Waals surface area contributed by atoms with E-state index in [2.05, 4.69) is 5.32 Å². The maximum Gasteiger partial charge on any atom is 0.272 e. The molecule has 1 aromatic heterocycles. The second kappa shape index (κ2) is 9.19. The molecule has 0 unspecified atom stereocenters. The third kappa shape index (κ3) is 4.66. The molecule has 1 fully saturated rings. The Hall–Kier alpha value is -2.45. The van der Waals surface area contributed by atoms with Gasteiger partial charge in [0.15, 0.2) is 0 Å². The minimum atomic E-state index is -3.78. The van der Waals surface area contributed by atoms with Crippen LogP contribution in [0.4, 0.5) is 5.69 Å². The highest BCUT2D eigenvalue weighted by molar-refractivity contribution is 7.89. The van der Waals surface area contributed by atoms with Gasteiger partial charge < -0.3 is 19.4 Å². The number of carbonyl (C=O) groups excluding carboxylic acids is 1. The van der Waals surface area contributed by atoms with Gasteiger partial charge in [0, 0.05) is 40.4 Å². The van der Waals surface area contributed by atoms with Crippen LogP contribution < -0.4 is 10.1 Å². The van der Waals surface area contributed by atoms with E-state index in [-0.39, 0.29) is 40.0 Å². The normalized spacial score (nSPS) is 15.7. The van der Waals surface area contributed by atoms with E-state index < -0.39 is 26.0 Å². The number of amides is 1. The molecular formula is C19H26N4O7S2. The van der Waals surface area contributed by atoms with Crippen LogP contribution in [0.2, 0.25) is 0 Å². The molecule has 176 valence electrons. The lowest BCUT2D eigenvalue weighted by atomic mass is 10.2. The maximum absolute atomic E-state index is 12.9.